The van der Waals surface area contributed by atoms with Crippen LogP contribution in [0.4, 0.5) is 16.0 Å². The average molecular weight is 496 g/mol. The minimum absolute atomic E-state index is 0.0129. The zero-order valence-corrected chi connectivity index (χ0v) is 19.5. The van der Waals surface area contributed by atoms with Gasteiger partial charge < -0.3 is 29.7 Å². The average Bonchev–Trinajstić information content (AvgIpc) is 3.33. The van der Waals surface area contributed by atoms with Crippen LogP contribution in [-0.2, 0) is 14.0 Å². The quantitative estimate of drug-likeness (QED) is 0.174. The highest BCUT2D eigenvalue weighted by Crippen LogP contribution is 2.52. The van der Waals surface area contributed by atoms with Crippen LogP contribution >= 0.6 is 19.2 Å². The van der Waals surface area contributed by atoms with Crippen LogP contribution in [0.2, 0.25) is 5.28 Å². The predicted molar refractivity (Wildman–Crippen MR) is 116 cm³/mol. The molecule has 4 N–H and O–H groups in total. The molecule has 0 aromatic carbocycles. The van der Waals surface area contributed by atoms with E-state index in [1.54, 1.807) is 6.92 Å². The lowest BCUT2D eigenvalue weighted by atomic mass is 10.2. The second-order valence-corrected chi connectivity index (χ2v) is 10.3. The molecule has 1 aromatic rings. The Kier molecular flexibility index (Phi) is 7.76. The van der Waals surface area contributed by atoms with Crippen LogP contribution in [0.5, 0.6) is 0 Å². The first-order valence-corrected chi connectivity index (χ1v) is 12.2. The Balaban J connectivity index is 1.76. The Morgan fingerprint density at radius 3 is 2.69 bits per heavy atom. The van der Waals surface area contributed by atoms with Crippen LogP contribution in [0.15, 0.2) is 5.10 Å². The van der Waals surface area contributed by atoms with Gasteiger partial charge in [0.1, 0.15) is 11.9 Å². The van der Waals surface area contributed by atoms with Gasteiger partial charge >= 0.3 is 13.2 Å². The second-order valence-electron chi connectivity index (χ2n) is 8.08. The van der Waals surface area contributed by atoms with Crippen molar-refractivity contribution < 1.29 is 33.3 Å². The normalized spacial score (nSPS) is 26.2. The number of halogens is 2. The number of hydrazone groups is 1. The number of nitrogens with zero attached hydrogens (tertiary/aromatic N) is 4. The molecule has 0 amide bonds. The smallest absolute Gasteiger partial charge is 0.388 e. The highest BCUT2D eigenvalue weighted by Gasteiger charge is 2.47. The van der Waals surface area contributed by atoms with Gasteiger partial charge in [0, 0.05) is 31.7 Å². The molecule has 1 aliphatic carbocycles. The van der Waals surface area contributed by atoms with Gasteiger partial charge in [0.15, 0.2) is 12.0 Å². The third-order valence-corrected chi connectivity index (χ3v) is 6.96. The Labute approximate surface area is 190 Å². The van der Waals surface area contributed by atoms with Crippen LogP contribution < -0.4 is 10.3 Å². The van der Waals surface area contributed by atoms with Gasteiger partial charge in [-0.25, -0.2) is 9.99 Å². The maximum absolute atomic E-state index is 14.1. The highest BCUT2D eigenvalue weighted by molar-refractivity contribution is 7.53. The molecule has 11 nitrogen and oxygen atoms in total. The van der Waals surface area contributed by atoms with Crippen LogP contribution in [0.25, 0.3) is 0 Å². The number of alkyl halides is 1. The zero-order chi connectivity index (χ0) is 23.7. The molecule has 1 saturated carbocycles. The molecule has 1 aromatic heterocycles. The maximum Gasteiger partial charge on any atom is 0.389 e. The molecule has 1 saturated heterocycles. The molecule has 2 fully saturated rings. The number of hydrogen-bond acceptors (Lipinski definition) is 9. The zero-order valence-electron chi connectivity index (χ0n) is 17.8. The van der Waals surface area contributed by atoms with Crippen molar-refractivity contribution in [3.63, 3.8) is 0 Å². The molecular weight excluding hydrogens is 468 g/mol. The van der Waals surface area contributed by atoms with Crippen LogP contribution in [0, 0.1) is 6.92 Å². The van der Waals surface area contributed by atoms with E-state index in [2.05, 4.69) is 27.1 Å². The minimum atomic E-state index is -5.14. The largest absolute Gasteiger partial charge is 0.389 e. The predicted octanol–water partition coefficient (Wildman–Crippen LogP) is 2.53. The number of aliphatic hydroxyl groups is 1. The van der Waals surface area contributed by atoms with Gasteiger partial charge in [-0.05, 0) is 31.4 Å². The third-order valence-electron chi connectivity index (χ3n) is 5.62. The molecule has 1 aliphatic heterocycles. The lowest BCUT2D eigenvalue weighted by molar-refractivity contribution is -0.116. The first-order chi connectivity index (χ1) is 14.9. The molecule has 2 heterocycles. The Hall–Kier alpha value is -1.40. The maximum atomic E-state index is 14.1. The van der Waals surface area contributed by atoms with E-state index in [0.717, 1.165) is 25.7 Å². The number of aromatic nitrogens is 2. The van der Waals surface area contributed by atoms with Crippen molar-refractivity contribution in [2.75, 3.05) is 16.9 Å². The van der Waals surface area contributed by atoms with E-state index in [-0.39, 0.29) is 23.6 Å². The lowest BCUT2D eigenvalue weighted by Crippen LogP contribution is -2.39. The van der Waals surface area contributed by atoms with Gasteiger partial charge in [0.25, 0.3) is 0 Å². The highest BCUT2D eigenvalue weighted by atomic mass is 35.5. The molecule has 0 spiro atoms. The molecular formula is C18H28ClFN5O6P. The van der Waals surface area contributed by atoms with E-state index in [9.17, 15) is 14.1 Å². The summed E-state index contributed by atoms with van der Waals surface area (Å²) in [5, 5.41) is 19.0. The van der Waals surface area contributed by atoms with Gasteiger partial charge in [0.2, 0.25) is 5.28 Å². The fraction of sp³-hybridized carbons (Fsp3) is 0.722. The number of rotatable bonds is 9. The van der Waals surface area contributed by atoms with E-state index < -0.39 is 38.2 Å². The summed E-state index contributed by atoms with van der Waals surface area (Å²) in [6.45, 7) is 5.45. The number of anilines is 2. The number of nitrogens with one attached hydrogen (secondary N) is 1. The van der Waals surface area contributed by atoms with Crippen molar-refractivity contribution in [2.24, 2.45) is 5.10 Å². The molecule has 180 valence electrons. The van der Waals surface area contributed by atoms with Gasteiger partial charge in [-0.15, -0.1) is 0 Å². The molecule has 32 heavy (non-hydrogen) atoms. The van der Waals surface area contributed by atoms with E-state index in [1.165, 1.54) is 5.01 Å². The molecule has 1 unspecified atom stereocenters. The van der Waals surface area contributed by atoms with Crippen LogP contribution in [0.3, 0.4) is 0 Å². The summed E-state index contributed by atoms with van der Waals surface area (Å²) in [5.41, 5.74) is -2.55. The Morgan fingerprint density at radius 1 is 1.44 bits per heavy atom. The van der Waals surface area contributed by atoms with Crippen molar-refractivity contribution in [1.29, 1.82) is 0 Å². The van der Waals surface area contributed by atoms with Gasteiger partial charge in [0.05, 0.1) is 12.7 Å². The summed E-state index contributed by atoms with van der Waals surface area (Å²) in [6.07, 6.45) is 1.33. The van der Waals surface area contributed by atoms with Gasteiger partial charge in [-0.1, -0.05) is 12.8 Å². The summed E-state index contributed by atoms with van der Waals surface area (Å²) in [5.74, 6) is 0.819. The molecule has 0 bridgehead atoms. The first-order valence-electron chi connectivity index (χ1n) is 10.2. The van der Waals surface area contributed by atoms with Gasteiger partial charge in [-0.3, -0.25) is 4.57 Å². The van der Waals surface area contributed by atoms with Crippen molar-refractivity contribution in [3.8, 4) is 0 Å². The Bertz CT molecular complexity index is 884. The standard InChI is InChI=1S/C18H28ClFN5O6P/c1-10-14(22-11-6-4-5-7-11)23-17(19)24-15(10)25(21-3)16-13(26)8-12(31-16)9-30-18(2,20)32(27,28)29/h11-13,16,26H,3-9H2,1-2H3,(H,22,23,24)(H2,27,28,29)/t12-,13+,16+,18?/m0/s1. The molecule has 14 heteroatoms. The summed E-state index contributed by atoms with van der Waals surface area (Å²) in [4.78, 5) is 26.6. The molecule has 3 rings (SSSR count). The van der Waals surface area contributed by atoms with E-state index in [1.807, 2.05) is 0 Å². The topological polar surface area (TPSA) is 150 Å². The fourth-order valence-corrected chi connectivity index (χ4v) is 4.17. The van der Waals surface area contributed by atoms with Gasteiger partial charge in [-0.2, -0.15) is 14.5 Å². The van der Waals surface area contributed by atoms with Crippen LogP contribution in [-0.4, -0.2) is 68.3 Å². The second kappa shape index (κ2) is 9.84. The number of aliphatic hydroxyl groups excluding tert-OH is 1. The van der Waals surface area contributed by atoms with E-state index >= 15 is 0 Å². The Morgan fingerprint density at radius 2 is 2.09 bits per heavy atom. The minimum Gasteiger partial charge on any atom is -0.388 e. The van der Waals surface area contributed by atoms with Crippen molar-refractivity contribution in [2.45, 2.75) is 76.0 Å². The van der Waals surface area contributed by atoms with Crippen molar-refractivity contribution in [1.82, 2.24) is 9.97 Å². The van der Waals surface area contributed by atoms with Crippen LogP contribution in [0.1, 0.15) is 44.6 Å². The SMILES string of the molecule is C=NN(c1nc(Cl)nc(NC2CCCC2)c1C)[C@@H]1O[C@H](COC(C)(F)P(=O)(O)O)C[C@H]1O. The lowest BCUT2D eigenvalue weighted by Gasteiger charge is -2.29. The summed E-state index contributed by atoms with van der Waals surface area (Å²) >= 11 is 6.13. The molecule has 2 aliphatic rings. The van der Waals surface area contributed by atoms with Crippen molar-refractivity contribution >= 4 is 37.5 Å². The van der Waals surface area contributed by atoms with E-state index in [0.29, 0.717) is 18.3 Å². The number of hydrogen-bond donors (Lipinski definition) is 4. The fourth-order valence-electron chi connectivity index (χ4n) is 3.76. The first kappa shape index (κ1) is 25.2. The third kappa shape index (κ3) is 5.56. The summed E-state index contributed by atoms with van der Waals surface area (Å²) in [7, 11) is -5.14. The van der Waals surface area contributed by atoms with Crippen molar-refractivity contribution in [3.05, 3.63) is 10.8 Å². The number of ether oxygens (including phenoxy) is 2. The molecule has 4 atom stereocenters. The van der Waals surface area contributed by atoms with E-state index in [4.69, 9.17) is 30.9 Å². The summed E-state index contributed by atoms with van der Waals surface area (Å²) < 4.78 is 35.7. The summed E-state index contributed by atoms with van der Waals surface area (Å²) in [6, 6.07) is 0.275. The monoisotopic (exact) mass is 495 g/mol. The molecule has 0 radical (unpaired) electrons.